The van der Waals surface area contributed by atoms with E-state index in [2.05, 4.69) is 5.10 Å². The molecule has 0 aliphatic rings. The van der Waals surface area contributed by atoms with Crippen LogP contribution < -0.4 is 9.57 Å². The molecule has 1 aromatic heterocycles. The van der Waals surface area contributed by atoms with Gasteiger partial charge < -0.3 is 9.94 Å². The van der Waals surface area contributed by atoms with Crippen molar-refractivity contribution in [1.29, 1.82) is 0 Å². The number of nitrogens with zero attached hydrogens (tertiary/aromatic N) is 2. The number of halogens is 4. The van der Waals surface area contributed by atoms with Crippen molar-refractivity contribution in [3.05, 3.63) is 47.2 Å². The average molecular weight is 336 g/mol. The Labute approximate surface area is 127 Å². The first-order valence-corrected chi connectivity index (χ1v) is 6.18. The number of amides is 1. The molecule has 0 fully saturated rings. The molecule has 2 aromatic rings. The van der Waals surface area contributed by atoms with E-state index in [-0.39, 0.29) is 17.0 Å². The zero-order chi connectivity index (χ0) is 16.3. The molecule has 0 radical (unpaired) electrons. The van der Waals surface area contributed by atoms with Gasteiger partial charge in [-0.2, -0.15) is 13.2 Å². The number of hydrogen-bond acceptors (Lipinski definition) is 4. The molecule has 2 N–H and O–H groups in total. The second-order valence-electron chi connectivity index (χ2n) is 4.12. The van der Waals surface area contributed by atoms with E-state index in [1.54, 1.807) is 4.84 Å². The summed E-state index contributed by atoms with van der Waals surface area (Å²) >= 11 is 5.18. The van der Waals surface area contributed by atoms with Crippen LogP contribution in [0.15, 0.2) is 30.5 Å². The largest absolute Gasteiger partial charge is 0.472 e. The summed E-state index contributed by atoms with van der Waals surface area (Å²) in [5, 5.41) is 12.4. The van der Waals surface area contributed by atoms with Gasteiger partial charge in [-0.3, -0.25) is 9.63 Å². The van der Waals surface area contributed by atoms with Crippen LogP contribution in [0.5, 0.6) is 5.88 Å². The summed E-state index contributed by atoms with van der Waals surface area (Å²) < 4.78 is 44.2. The summed E-state index contributed by atoms with van der Waals surface area (Å²) in [5.74, 6) is -0.990. The quantitative estimate of drug-likeness (QED) is 0.665. The van der Waals surface area contributed by atoms with E-state index in [1.807, 2.05) is 0 Å². The highest BCUT2D eigenvalue weighted by Gasteiger charge is 2.35. The summed E-state index contributed by atoms with van der Waals surface area (Å²) in [5.41, 5.74) is -1.68. The second kappa shape index (κ2) is 6.14. The van der Waals surface area contributed by atoms with E-state index < -0.39 is 24.3 Å². The number of benzene rings is 1. The van der Waals surface area contributed by atoms with Crippen molar-refractivity contribution in [3.8, 4) is 5.88 Å². The van der Waals surface area contributed by atoms with Gasteiger partial charge in [0.05, 0.1) is 11.8 Å². The topological polar surface area (TPSA) is 76.4 Å². The first-order valence-electron chi connectivity index (χ1n) is 5.80. The Morgan fingerprint density at radius 1 is 1.41 bits per heavy atom. The van der Waals surface area contributed by atoms with Gasteiger partial charge in [0, 0.05) is 29.0 Å². The number of carbonyl (C=O) groups is 1. The predicted octanol–water partition coefficient (Wildman–Crippen LogP) is 2.60. The zero-order valence-corrected chi connectivity index (χ0v) is 11.5. The molecule has 0 aliphatic carbocycles. The van der Waals surface area contributed by atoms with Gasteiger partial charge >= 0.3 is 6.18 Å². The second-order valence-corrected chi connectivity index (χ2v) is 4.31. The molecule has 1 heterocycles. The van der Waals surface area contributed by atoms with Crippen LogP contribution in [-0.4, -0.2) is 21.1 Å². The van der Waals surface area contributed by atoms with E-state index in [0.29, 0.717) is 4.85 Å². The number of hydrogen-bond donors (Lipinski definition) is 2. The minimum atomic E-state index is -4.67. The zero-order valence-electron chi connectivity index (χ0n) is 10.8. The molecule has 118 valence electrons. The Kier molecular flexibility index (Phi) is 4.45. The molecule has 10 heteroatoms. The molecule has 1 aromatic carbocycles. The van der Waals surface area contributed by atoms with Gasteiger partial charge in [-0.15, -0.1) is 4.85 Å². The SMILES string of the molecule is O=C(NCl)c1cccc(C(F)(F)F)c1COc1ccn(O)n1. The summed E-state index contributed by atoms with van der Waals surface area (Å²) in [6.07, 6.45) is -3.53. The molecule has 0 spiro atoms. The van der Waals surface area contributed by atoms with E-state index in [0.717, 1.165) is 18.3 Å². The van der Waals surface area contributed by atoms with Gasteiger partial charge in [0.1, 0.15) is 6.61 Å². The fourth-order valence-electron chi connectivity index (χ4n) is 1.79. The van der Waals surface area contributed by atoms with Crippen LogP contribution in [0.4, 0.5) is 13.2 Å². The van der Waals surface area contributed by atoms with Crippen molar-refractivity contribution in [2.24, 2.45) is 0 Å². The number of nitrogens with one attached hydrogen (secondary N) is 1. The van der Waals surface area contributed by atoms with E-state index >= 15 is 0 Å². The Morgan fingerprint density at radius 3 is 2.68 bits per heavy atom. The lowest BCUT2D eigenvalue weighted by Gasteiger charge is -2.15. The van der Waals surface area contributed by atoms with Crippen molar-refractivity contribution in [2.75, 3.05) is 0 Å². The Bertz CT molecular complexity index is 688. The summed E-state index contributed by atoms with van der Waals surface area (Å²) in [7, 11) is 0. The molecule has 2 rings (SSSR count). The monoisotopic (exact) mass is 335 g/mol. The number of ether oxygens (including phenoxy) is 1. The molecule has 0 aliphatic heterocycles. The molecule has 0 saturated heterocycles. The highest BCUT2D eigenvalue weighted by molar-refractivity contribution is 6.24. The van der Waals surface area contributed by atoms with Crippen LogP contribution in [0, 0.1) is 0 Å². The fraction of sp³-hybridized carbons (Fsp3) is 0.167. The van der Waals surface area contributed by atoms with Crippen molar-refractivity contribution in [2.45, 2.75) is 12.8 Å². The minimum Gasteiger partial charge on any atom is -0.472 e. The summed E-state index contributed by atoms with van der Waals surface area (Å²) in [6.45, 7) is -0.577. The lowest BCUT2D eigenvalue weighted by atomic mass is 10.0. The minimum absolute atomic E-state index is 0.100. The average Bonchev–Trinajstić information content (AvgIpc) is 2.88. The molecule has 22 heavy (non-hydrogen) atoms. The van der Waals surface area contributed by atoms with Crippen LogP contribution >= 0.6 is 11.8 Å². The Hall–Kier alpha value is -2.42. The third-order valence-corrected chi connectivity index (χ3v) is 2.90. The summed E-state index contributed by atoms with van der Waals surface area (Å²) in [6, 6.07) is 4.36. The smallest absolute Gasteiger partial charge is 0.416 e. The van der Waals surface area contributed by atoms with E-state index in [9.17, 15) is 18.0 Å². The van der Waals surface area contributed by atoms with Crippen molar-refractivity contribution in [3.63, 3.8) is 0 Å². The molecule has 0 unspecified atom stereocenters. The normalized spacial score (nSPS) is 11.3. The van der Waals surface area contributed by atoms with Gasteiger partial charge in [0.25, 0.3) is 5.91 Å². The summed E-state index contributed by atoms with van der Waals surface area (Å²) in [4.78, 5) is 13.8. The first kappa shape index (κ1) is 16.0. The van der Waals surface area contributed by atoms with Crippen LogP contribution in [0.3, 0.4) is 0 Å². The third-order valence-electron chi connectivity index (χ3n) is 2.73. The number of carbonyl (C=O) groups excluding carboxylic acids is 1. The van der Waals surface area contributed by atoms with Gasteiger partial charge in [0.2, 0.25) is 5.88 Å². The van der Waals surface area contributed by atoms with Crippen molar-refractivity contribution < 1.29 is 27.9 Å². The van der Waals surface area contributed by atoms with Crippen LogP contribution in [-0.2, 0) is 12.8 Å². The lowest BCUT2D eigenvalue weighted by molar-refractivity contribution is -0.138. The number of aromatic nitrogens is 2. The van der Waals surface area contributed by atoms with Crippen LogP contribution in [0.2, 0.25) is 0 Å². The molecule has 6 nitrogen and oxygen atoms in total. The molecular formula is C12H9ClF3N3O3. The highest BCUT2D eigenvalue weighted by Crippen LogP contribution is 2.34. The predicted molar refractivity (Wildman–Crippen MR) is 68.5 cm³/mol. The fourth-order valence-corrected chi connectivity index (χ4v) is 1.89. The van der Waals surface area contributed by atoms with Gasteiger partial charge in [-0.1, -0.05) is 11.2 Å². The third kappa shape index (κ3) is 3.42. The van der Waals surface area contributed by atoms with Gasteiger partial charge in [0.15, 0.2) is 0 Å². The van der Waals surface area contributed by atoms with Gasteiger partial charge in [-0.25, -0.2) is 0 Å². The maximum atomic E-state index is 13.0. The first-order chi connectivity index (χ1) is 10.3. The molecule has 1 amide bonds. The van der Waals surface area contributed by atoms with E-state index in [1.165, 1.54) is 12.1 Å². The Balaban J connectivity index is 2.38. The van der Waals surface area contributed by atoms with Crippen LogP contribution in [0.25, 0.3) is 0 Å². The maximum Gasteiger partial charge on any atom is 0.416 e. The standard InChI is InChI=1S/C12H9ClF3N3O3/c13-17-11(20)7-2-1-3-9(12(14,15)16)8(7)6-22-10-4-5-19(21)18-10/h1-5,21H,6H2,(H,17,20). The number of alkyl halides is 3. The maximum absolute atomic E-state index is 13.0. The van der Waals surface area contributed by atoms with E-state index in [4.69, 9.17) is 21.7 Å². The molecule has 0 atom stereocenters. The lowest BCUT2D eigenvalue weighted by Crippen LogP contribution is -2.20. The molecular weight excluding hydrogens is 327 g/mol. The van der Waals surface area contributed by atoms with Crippen LogP contribution in [0.1, 0.15) is 21.5 Å². The molecule has 0 saturated carbocycles. The highest BCUT2D eigenvalue weighted by atomic mass is 35.5. The van der Waals surface area contributed by atoms with Crippen molar-refractivity contribution in [1.82, 2.24) is 14.8 Å². The van der Waals surface area contributed by atoms with Crippen molar-refractivity contribution >= 4 is 17.7 Å². The number of rotatable bonds is 4. The van der Waals surface area contributed by atoms with Gasteiger partial charge in [-0.05, 0) is 12.1 Å². The Morgan fingerprint density at radius 2 is 2.14 bits per heavy atom. The molecule has 0 bridgehead atoms.